The first-order chi connectivity index (χ1) is 17.4. The third-order valence-electron chi connectivity index (χ3n) is 4.65. The zero-order valence-electron chi connectivity index (χ0n) is 20.8. The van der Waals surface area contributed by atoms with Gasteiger partial charge in [-0.3, -0.25) is 0 Å². The summed E-state index contributed by atoms with van der Waals surface area (Å²) in [4.78, 5) is 10.5. The van der Waals surface area contributed by atoms with E-state index in [-0.39, 0.29) is 18.8 Å². The van der Waals surface area contributed by atoms with Gasteiger partial charge >= 0.3 is 8.03 Å². The molecule has 0 aliphatic rings. The van der Waals surface area contributed by atoms with E-state index in [0.717, 1.165) is 38.1 Å². The zero-order chi connectivity index (χ0) is 26.8. The van der Waals surface area contributed by atoms with Crippen LogP contribution in [0.5, 0.6) is 5.75 Å². The molecular formula is C27H37ClN2O4PS+. The van der Waals surface area contributed by atoms with Gasteiger partial charge in [0.05, 0.1) is 6.61 Å². The molecule has 0 aliphatic carbocycles. The number of nitrogens with two attached hydrogens (primary N) is 2. The zero-order valence-corrected chi connectivity index (χ0v) is 23.3. The molecule has 6 nitrogen and oxygen atoms in total. The lowest BCUT2D eigenvalue weighted by Gasteiger charge is -2.09. The molecule has 3 aromatic carbocycles. The maximum absolute atomic E-state index is 10.0. The summed E-state index contributed by atoms with van der Waals surface area (Å²) in [6, 6.07) is 24.0. The van der Waals surface area contributed by atoms with Crippen LogP contribution in [0.4, 0.5) is 0 Å². The van der Waals surface area contributed by atoms with Crippen LogP contribution in [-0.2, 0) is 17.6 Å². The lowest BCUT2D eigenvalue weighted by molar-refractivity contribution is 0.263. The third kappa shape index (κ3) is 13.4. The van der Waals surface area contributed by atoms with Crippen molar-refractivity contribution in [2.45, 2.75) is 49.1 Å². The first kappa shape index (κ1) is 32.1. The number of hydrogen-bond donors (Lipinski definition) is 4. The summed E-state index contributed by atoms with van der Waals surface area (Å²) in [5.74, 6) is 0.861. The minimum atomic E-state index is -2.08. The van der Waals surface area contributed by atoms with Crippen LogP contribution < -0.4 is 16.2 Å². The number of ether oxygens (including phenoxy) is 1. The predicted molar refractivity (Wildman–Crippen MR) is 151 cm³/mol. The maximum atomic E-state index is 10.0. The third-order valence-corrected chi connectivity index (χ3v) is 6.63. The topological polar surface area (TPSA) is 119 Å². The Balaban J connectivity index is 0.000000500. The molecule has 9 heteroatoms. The standard InChI is InChI=1S/C21H20ClNOS.C4H10NO3P.C2H6/c22-21-14-20(10-9-17(21)11-12-23)25-19-8-4-7-18(13-19)24-15-16-5-2-1-3-6-16;5-4(3-6)1-2-9(7)8;1-2/h1-10,13-14H,11-12,15,23H2;4,6H,1-3,5H2;1-2H3/p+1/t;4-;/m.0./s1. The molecule has 0 radical (unpaired) electrons. The number of benzene rings is 3. The molecule has 0 spiro atoms. The molecule has 3 aromatic rings. The van der Waals surface area contributed by atoms with Crippen LogP contribution >= 0.6 is 31.4 Å². The second kappa shape index (κ2) is 19.2. The molecule has 0 saturated carbocycles. The molecule has 36 heavy (non-hydrogen) atoms. The van der Waals surface area contributed by atoms with Gasteiger partial charge in [0.2, 0.25) is 0 Å². The lowest BCUT2D eigenvalue weighted by atomic mass is 10.1. The SMILES string of the molecule is CC.NCCc1ccc(Sc2cccc(OCc3ccccc3)c2)cc1Cl.N[C@H](CO)CC[P+](=O)O. The van der Waals surface area contributed by atoms with Gasteiger partial charge in [0.25, 0.3) is 0 Å². The molecule has 196 valence electrons. The molecule has 0 aromatic heterocycles. The fourth-order valence-electron chi connectivity index (χ4n) is 2.82. The Kier molecular flexibility index (Phi) is 17.1. The maximum Gasteiger partial charge on any atom is 0.505 e. The summed E-state index contributed by atoms with van der Waals surface area (Å²) >= 11 is 8.00. The normalized spacial score (nSPS) is 11.4. The predicted octanol–water partition coefficient (Wildman–Crippen LogP) is 6.03. The summed E-state index contributed by atoms with van der Waals surface area (Å²) in [6.07, 6.45) is 1.38. The second-order valence-electron chi connectivity index (χ2n) is 7.45. The van der Waals surface area contributed by atoms with E-state index in [1.165, 1.54) is 0 Å². The van der Waals surface area contributed by atoms with Crippen LogP contribution in [-0.4, -0.2) is 35.4 Å². The number of hydrogen-bond acceptors (Lipinski definition) is 6. The quantitative estimate of drug-likeness (QED) is 0.215. The van der Waals surface area contributed by atoms with E-state index in [1.54, 1.807) is 11.8 Å². The van der Waals surface area contributed by atoms with Crippen LogP contribution in [0, 0.1) is 0 Å². The smallest absolute Gasteiger partial charge is 0.489 e. The largest absolute Gasteiger partial charge is 0.505 e. The highest BCUT2D eigenvalue weighted by Crippen LogP contribution is 2.32. The van der Waals surface area contributed by atoms with Gasteiger partial charge in [-0.1, -0.05) is 79.7 Å². The van der Waals surface area contributed by atoms with Gasteiger partial charge in [0.15, 0.2) is 6.16 Å². The Morgan fingerprint density at radius 2 is 1.72 bits per heavy atom. The minimum Gasteiger partial charge on any atom is -0.489 e. The Hall–Kier alpha value is -1.96. The van der Waals surface area contributed by atoms with Gasteiger partial charge < -0.3 is 21.3 Å². The molecule has 0 fully saturated rings. The monoisotopic (exact) mass is 551 g/mol. The van der Waals surface area contributed by atoms with Gasteiger partial charge in [-0.2, -0.15) is 4.89 Å². The molecule has 1 unspecified atom stereocenters. The molecule has 2 atom stereocenters. The first-order valence-electron chi connectivity index (χ1n) is 11.8. The average Bonchev–Trinajstić information content (AvgIpc) is 2.90. The Morgan fingerprint density at radius 1 is 1.03 bits per heavy atom. The van der Waals surface area contributed by atoms with Crippen molar-refractivity contribution in [3.05, 3.63) is 88.9 Å². The van der Waals surface area contributed by atoms with Crippen molar-refractivity contribution in [3.8, 4) is 5.75 Å². The molecule has 3 rings (SSSR count). The summed E-state index contributed by atoms with van der Waals surface area (Å²) in [6.45, 7) is 5.05. The number of aliphatic hydroxyl groups is 1. The summed E-state index contributed by atoms with van der Waals surface area (Å²) in [5.41, 5.74) is 13.1. The highest BCUT2D eigenvalue weighted by Gasteiger charge is 2.12. The molecule has 0 heterocycles. The Labute approximate surface area is 224 Å². The molecule has 0 aliphatic heterocycles. The van der Waals surface area contributed by atoms with E-state index in [9.17, 15) is 4.57 Å². The van der Waals surface area contributed by atoms with Crippen molar-refractivity contribution >= 4 is 31.4 Å². The van der Waals surface area contributed by atoms with Gasteiger partial charge in [0, 0.05) is 27.3 Å². The van der Waals surface area contributed by atoms with Crippen LogP contribution in [0.2, 0.25) is 5.02 Å². The van der Waals surface area contributed by atoms with Crippen molar-refractivity contribution in [1.29, 1.82) is 0 Å². The van der Waals surface area contributed by atoms with E-state index in [4.69, 9.17) is 37.8 Å². The highest BCUT2D eigenvalue weighted by atomic mass is 35.5. The van der Waals surface area contributed by atoms with Crippen LogP contribution in [0.25, 0.3) is 0 Å². The fraction of sp³-hybridized carbons (Fsp3) is 0.333. The molecule has 6 N–H and O–H groups in total. The van der Waals surface area contributed by atoms with Gasteiger partial charge in [-0.05, 0) is 59.0 Å². The van der Waals surface area contributed by atoms with Crippen molar-refractivity contribution in [1.82, 2.24) is 0 Å². The van der Waals surface area contributed by atoms with Gasteiger partial charge in [-0.15, -0.1) is 0 Å². The fourth-order valence-corrected chi connectivity index (χ4v) is 4.62. The van der Waals surface area contributed by atoms with E-state index in [1.807, 2.05) is 56.3 Å². The van der Waals surface area contributed by atoms with Crippen molar-refractivity contribution in [2.75, 3.05) is 19.3 Å². The van der Waals surface area contributed by atoms with Crippen molar-refractivity contribution in [3.63, 3.8) is 0 Å². The van der Waals surface area contributed by atoms with E-state index < -0.39 is 8.03 Å². The van der Waals surface area contributed by atoms with Gasteiger partial charge in [0.1, 0.15) is 12.4 Å². The van der Waals surface area contributed by atoms with E-state index in [0.29, 0.717) is 19.6 Å². The Morgan fingerprint density at radius 3 is 2.33 bits per heavy atom. The van der Waals surface area contributed by atoms with E-state index >= 15 is 0 Å². The minimum absolute atomic E-state index is 0.122. The second-order valence-corrected chi connectivity index (χ2v) is 10.2. The highest BCUT2D eigenvalue weighted by molar-refractivity contribution is 7.99. The summed E-state index contributed by atoms with van der Waals surface area (Å²) in [7, 11) is -2.08. The lowest BCUT2D eigenvalue weighted by Crippen LogP contribution is -2.24. The molecule has 0 amide bonds. The van der Waals surface area contributed by atoms with Crippen LogP contribution in [0.15, 0.2) is 82.6 Å². The Bertz CT molecular complexity index is 1030. The average molecular weight is 552 g/mol. The molecular weight excluding hydrogens is 515 g/mol. The summed E-state index contributed by atoms with van der Waals surface area (Å²) < 4.78 is 15.9. The van der Waals surface area contributed by atoms with Crippen LogP contribution in [0.3, 0.4) is 0 Å². The van der Waals surface area contributed by atoms with Crippen molar-refractivity contribution < 1.29 is 19.3 Å². The van der Waals surface area contributed by atoms with Crippen LogP contribution in [0.1, 0.15) is 31.4 Å². The van der Waals surface area contributed by atoms with Gasteiger partial charge in [-0.25, -0.2) is 0 Å². The van der Waals surface area contributed by atoms with E-state index in [2.05, 4.69) is 30.3 Å². The number of halogens is 1. The number of rotatable bonds is 11. The number of aliphatic hydroxyl groups excluding tert-OH is 1. The summed E-state index contributed by atoms with van der Waals surface area (Å²) in [5, 5.41) is 9.12. The molecule has 0 bridgehead atoms. The van der Waals surface area contributed by atoms with Crippen molar-refractivity contribution in [2.24, 2.45) is 11.5 Å². The molecule has 0 saturated heterocycles. The first-order valence-corrected chi connectivity index (χ1v) is 14.4.